The molecule has 13 heavy (non-hydrogen) atoms. The van der Waals surface area contributed by atoms with Gasteiger partial charge >= 0.3 is 0 Å². The van der Waals surface area contributed by atoms with E-state index in [4.69, 9.17) is 0 Å². The Labute approximate surface area is 82.8 Å². The normalized spacial score (nSPS) is 25.2. The van der Waals surface area contributed by atoms with Crippen LogP contribution in [0.3, 0.4) is 0 Å². The molecule has 0 bridgehead atoms. The predicted molar refractivity (Wildman–Crippen MR) is 60.1 cm³/mol. The number of rotatable bonds is 0. The molecule has 2 heteroatoms. The molecule has 1 N–H and O–H groups in total. The molecule has 0 aliphatic carbocycles. The largest absolute Gasteiger partial charge is 0.310 e. The van der Waals surface area contributed by atoms with Crippen LogP contribution in [0.2, 0.25) is 0 Å². The van der Waals surface area contributed by atoms with Gasteiger partial charge < -0.3 is 5.43 Å². The number of hydrazone groups is 1. The SMILES string of the molecule is C/C1=N/NCC(C)(C)CCC1.CC. The zero-order chi connectivity index (χ0) is 10.3. The first-order chi connectivity index (χ1) is 6.10. The molecule has 78 valence electrons. The fourth-order valence-corrected chi connectivity index (χ4v) is 1.36. The van der Waals surface area contributed by atoms with Crippen LogP contribution in [0.4, 0.5) is 0 Å². The third-order valence-electron chi connectivity index (χ3n) is 2.22. The van der Waals surface area contributed by atoms with Gasteiger partial charge in [0.05, 0.1) is 0 Å². The van der Waals surface area contributed by atoms with Gasteiger partial charge in [0.2, 0.25) is 0 Å². The summed E-state index contributed by atoms with van der Waals surface area (Å²) in [6.45, 7) is 11.7. The summed E-state index contributed by atoms with van der Waals surface area (Å²) in [5, 5.41) is 4.25. The number of nitrogens with one attached hydrogen (secondary N) is 1. The fourth-order valence-electron chi connectivity index (χ4n) is 1.36. The zero-order valence-corrected chi connectivity index (χ0v) is 9.78. The molecule has 0 aromatic heterocycles. The van der Waals surface area contributed by atoms with Crippen molar-refractivity contribution in [2.75, 3.05) is 6.54 Å². The highest BCUT2D eigenvalue weighted by molar-refractivity contribution is 5.81. The molecule has 0 aromatic carbocycles. The molecule has 0 saturated carbocycles. The van der Waals surface area contributed by atoms with Gasteiger partial charge in [0, 0.05) is 12.3 Å². The minimum absolute atomic E-state index is 0.421. The number of hydrogen-bond acceptors (Lipinski definition) is 2. The topological polar surface area (TPSA) is 24.4 Å². The highest BCUT2D eigenvalue weighted by Crippen LogP contribution is 2.23. The maximum atomic E-state index is 4.25. The smallest absolute Gasteiger partial charge is 0.0380 e. The van der Waals surface area contributed by atoms with Crippen LogP contribution >= 0.6 is 0 Å². The summed E-state index contributed by atoms with van der Waals surface area (Å²) in [4.78, 5) is 0. The van der Waals surface area contributed by atoms with E-state index in [1.54, 1.807) is 0 Å². The maximum absolute atomic E-state index is 4.25. The Bertz CT molecular complexity index is 159. The van der Waals surface area contributed by atoms with Crippen molar-refractivity contribution in [3.63, 3.8) is 0 Å². The third-order valence-corrected chi connectivity index (χ3v) is 2.22. The molecule has 0 unspecified atom stereocenters. The fraction of sp³-hybridized carbons (Fsp3) is 0.909. The van der Waals surface area contributed by atoms with Crippen molar-refractivity contribution >= 4 is 5.71 Å². The van der Waals surface area contributed by atoms with Crippen molar-refractivity contribution in [1.82, 2.24) is 5.43 Å². The van der Waals surface area contributed by atoms with Gasteiger partial charge in [-0.05, 0) is 31.6 Å². The van der Waals surface area contributed by atoms with Gasteiger partial charge in [0.1, 0.15) is 0 Å². The van der Waals surface area contributed by atoms with E-state index < -0.39 is 0 Å². The third kappa shape index (κ3) is 5.67. The standard InChI is InChI=1S/C9H18N2.C2H6/c1-8-5-4-6-9(2,3)7-10-11-8;1-2/h10H,4-7H2,1-3H3;1-2H3/b11-8-;. The van der Waals surface area contributed by atoms with Crippen molar-refractivity contribution in [2.45, 2.75) is 53.9 Å². The second-order valence-corrected chi connectivity index (χ2v) is 4.20. The van der Waals surface area contributed by atoms with E-state index in [0.717, 1.165) is 13.0 Å². The molecule has 0 aromatic rings. The lowest BCUT2D eigenvalue weighted by atomic mass is 9.86. The Balaban J connectivity index is 0.000000671. The van der Waals surface area contributed by atoms with Gasteiger partial charge in [-0.3, -0.25) is 0 Å². The molecule has 0 radical (unpaired) electrons. The quantitative estimate of drug-likeness (QED) is 0.614. The lowest BCUT2D eigenvalue weighted by molar-refractivity contribution is 0.306. The first kappa shape index (κ1) is 12.5. The lowest BCUT2D eigenvalue weighted by Gasteiger charge is -2.25. The van der Waals surface area contributed by atoms with Gasteiger partial charge in [0.15, 0.2) is 0 Å². The van der Waals surface area contributed by atoms with Gasteiger partial charge in [-0.15, -0.1) is 0 Å². The van der Waals surface area contributed by atoms with Crippen LogP contribution in [-0.4, -0.2) is 12.3 Å². The van der Waals surface area contributed by atoms with E-state index in [1.165, 1.54) is 18.6 Å². The monoisotopic (exact) mass is 184 g/mol. The second kappa shape index (κ2) is 6.01. The summed E-state index contributed by atoms with van der Waals surface area (Å²) < 4.78 is 0. The Hall–Kier alpha value is -0.530. The van der Waals surface area contributed by atoms with Crippen LogP contribution in [0.1, 0.15) is 53.9 Å². The molecule has 1 aliphatic rings. The summed E-state index contributed by atoms with van der Waals surface area (Å²) in [6, 6.07) is 0. The average Bonchev–Trinajstić information content (AvgIpc) is 2.05. The molecule has 0 fully saturated rings. The number of nitrogens with zero attached hydrogens (tertiary/aromatic N) is 1. The molecule has 0 spiro atoms. The van der Waals surface area contributed by atoms with E-state index in [9.17, 15) is 0 Å². The van der Waals surface area contributed by atoms with Gasteiger partial charge in [0.25, 0.3) is 0 Å². The Morgan fingerprint density at radius 3 is 2.54 bits per heavy atom. The molecule has 0 saturated heterocycles. The van der Waals surface area contributed by atoms with E-state index >= 15 is 0 Å². The van der Waals surface area contributed by atoms with Gasteiger partial charge in [-0.1, -0.05) is 27.7 Å². The van der Waals surface area contributed by atoms with Crippen LogP contribution < -0.4 is 5.43 Å². The first-order valence-corrected chi connectivity index (χ1v) is 5.36. The molecule has 1 rings (SSSR count). The van der Waals surface area contributed by atoms with E-state index in [0.29, 0.717) is 5.41 Å². The van der Waals surface area contributed by atoms with E-state index in [2.05, 4.69) is 31.3 Å². The van der Waals surface area contributed by atoms with E-state index in [-0.39, 0.29) is 0 Å². The highest BCUT2D eigenvalue weighted by atomic mass is 15.3. The minimum Gasteiger partial charge on any atom is -0.310 e. The van der Waals surface area contributed by atoms with Crippen LogP contribution in [-0.2, 0) is 0 Å². The summed E-state index contributed by atoms with van der Waals surface area (Å²) in [5.74, 6) is 0. The molecular weight excluding hydrogens is 160 g/mol. The summed E-state index contributed by atoms with van der Waals surface area (Å²) in [6.07, 6.45) is 3.73. The van der Waals surface area contributed by atoms with Crippen molar-refractivity contribution in [1.29, 1.82) is 0 Å². The highest BCUT2D eigenvalue weighted by Gasteiger charge is 2.18. The van der Waals surface area contributed by atoms with Crippen molar-refractivity contribution in [3.8, 4) is 0 Å². The summed E-state index contributed by atoms with van der Waals surface area (Å²) >= 11 is 0. The van der Waals surface area contributed by atoms with Crippen molar-refractivity contribution in [3.05, 3.63) is 0 Å². The van der Waals surface area contributed by atoms with Gasteiger partial charge in [-0.2, -0.15) is 5.10 Å². The zero-order valence-electron chi connectivity index (χ0n) is 9.78. The van der Waals surface area contributed by atoms with Crippen LogP contribution in [0.15, 0.2) is 5.10 Å². The predicted octanol–water partition coefficient (Wildman–Crippen LogP) is 3.19. The summed E-state index contributed by atoms with van der Waals surface area (Å²) in [7, 11) is 0. The molecule has 0 atom stereocenters. The van der Waals surface area contributed by atoms with Gasteiger partial charge in [-0.25, -0.2) is 0 Å². The molecular formula is C11H24N2. The Morgan fingerprint density at radius 1 is 1.31 bits per heavy atom. The number of hydrogen-bond donors (Lipinski definition) is 1. The minimum atomic E-state index is 0.421. The van der Waals surface area contributed by atoms with Crippen molar-refractivity contribution < 1.29 is 0 Å². The second-order valence-electron chi connectivity index (χ2n) is 4.20. The van der Waals surface area contributed by atoms with Crippen LogP contribution in [0.25, 0.3) is 0 Å². The average molecular weight is 184 g/mol. The molecule has 0 amide bonds. The molecule has 2 nitrogen and oxygen atoms in total. The van der Waals surface area contributed by atoms with E-state index in [1.807, 2.05) is 13.8 Å². The Kier molecular flexibility index (Phi) is 5.76. The molecule has 1 heterocycles. The Morgan fingerprint density at radius 2 is 1.92 bits per heavy atom. The summed E-state index contributed by atoms with van der Waals surface area (Å²) in [5.41, 5.74) is 4.77. The van der Waals surface area contributed by atoms with Crippen LogP contribution in [0, 0.1) is 5.41 Å². The maximum Gasteiger partial charge on any atom is 0.0380 e. The van der Waals surface area contributed by atoms with Crippen LogP contribution in [0.5, 0.6) is 0 Å². The first-order valence-electron chi connectivity index (χ1n) is 5.36. The molecule has 1 aliphatic heterocycles. The lowest BCUT2D eigenvalue weighted by Crippen LogP contribution is -2.28. The van der Waals surface area contributed by atoms with Crippen molar-refractivity contribution in [2.24, 2.45) is 10.5 Å².